The van der Waals surface area contributed by atoms with E-state index in [1.165, 1.54) is 12.1 Å². The smallest absolute Gasteiger partial charge is 0.159 e. The number of rotatable bonds is 1. The van der Waals surface area contributed by atoms with E-state index in [0.717, 1.165) is 30.5 Å². The molecule has 1 heterocycles. The van der Waals surface area contributed by atoms with E-state index in [9.17, 15) is 8.78 Å². The molecule has 0 fully saturated rings. The van der Waals surface area contributed by atoms with Crippen LogP contribution in [0.3, 0.4) is 0 Å². The SMILES string of the molecule is CC[C@H]1NCCc2cc(F)c(F)cc21. The van der Waals surface area contributed by atoms with Gasteiger partial charge in [-0.05, 0) is 42.6 Å². The lowest BCUT2D eigenvalue weighted by Crippen LogP contribution is -2.29. The first-order valence-electron chi connectivity index (χ1n) is 4.93. The highest BCUT2D eigenvalue weighted by molar-refractivity contribution is 5.33. The molecule has 0 aliphatic carbocycles. The number of fused-ring (bicyclic) bond motifs is 1. The zero-order valence-corrected chi connectivity index (χ0v) is 8.11. The van der Waals surface area contributed by atoms with Gasteiger partial charge in [-0.25, -0.2) is 8.78 Å². The van der Waals surface area contributed by atoms with Crippen molar-refractivity contribution in [2.45, 2.75) is 25.8 Å². The van der Waals surface area contributed by atoms with E-state index in [1.54, 1.807) is 0 Å². The van der Waals surface area contributed by atoms with E-state index < -0.39 is 11.6 Å². The molecule has 14 heavy (non-hydrogen) atoms. The molecule has 0 aromatic heterocycles. The first-order valence-corrected chi connectivity index (χ1v) is 4.93. The van der Waals surface area contributed by atoms with Gasteiger partial charge in [0.05, 0.1) is 0 Å². The summed E-state index contributed by atoms with van der Waals surface area (Å²) in [5.41, 5.74) is 1.85. The number of benzene rings is 1. The second-order valence-electron chi connectivity index (χ2n) is 3.63. The Morgan fingerprint density at radius 3 is 2.79 bits per heavy atom. The molecular formula is C11H13F2N. The Balaban J connectivity index is 2.47. The summed E-state index contributed by atoms with van der Waals surface area (Å²) in [5, 5.41) is 3.28. The molecule has 1 N–H and O–H groups in total. The molecule has 0 bridgehead atoms. The molecule has 1 nitrogen and oxygen atoms in total. The van der Waals surface area contributed by atoms with Gasteiger partial charge in [0.25, 0.3) is 0 Å². The average Bonchev–Trinajstić information content (AvgIpc) is 2.19. The average molecular weight is 197 g/mol. The van der Waals surface area contributed by atoms with Crippen molar-refractivity contribution in [3.8, 4) is 0 Å². The summed E-state index contributed by atoms with van der Waals surface area (Å²) in [4.78, 5) is 0. The Kier molecular flexibility index (Phi) is 2.50. The monoisotopic (exact) mass is 197 g/mol. The molecular weight excluding hydrogens is 184 g/mol. The van der Waals surface area contributed by atoms with Crippen LogP contribution in [0, 0.1) is 11.6 Å². The van der Waals surface area contributed by atoms with E-state index in [1.807, 2.05) is 6.92 Å². The predicted octanol–water partition coefficient (Wildman–Crippen LogP) is 2.56. The van der Waals surface area contributed by atoms with E-state index in [2.05, 4.69) is 5.32 Å². The quantitative estimate of drug-likeness (QED) is 0.729. The van der Waals surface area contributed by atoms with Crippen LogP contribution in [0.25, 0.3) is 0 Å². The van der Waals surface area contributed by atoms with Crippen LogP contribution in [-0.4, -0.2) is 6.54 Å². The molecule has 76 valence electrons. The Morgan fingerprint density at radius 2 is 2.07 bits per heavy atom. The van der Waals surface area contributed by atoms with Crippen LogP contribution in [0.1, 0.15) is 30.5 Å². The number of hydrogen-bond donors (Lipinski definition) is 1. The number of nitrogens with one attached hydrogen (secondary N) is 1. The Labute approximate surface area is 82.1 Å². The maximum Gasteiger partial charge on any atom is 0.159 e. The molecule has 1 aliphatic rings. The van der Waals surface area contributed by atoms with Crippen molar-refractivity contribution in [3.63, 3.8) is 0 Å². The molecule has 1 aromatic rings. The fraction of sp³-hybridized carbons (Fsp3) is 0.455. The number of hydrogen-bond acceptors (Lipinski definition) is 1. The minimum atomic E-state index is -0.745. The largest absolute Gasteiger partial charge is 0.310 e. The third kappa shape index (κ3) is 1.52. The van der Waals surface area contributed by atoms with Gasteiger partial charge in [0.15, 0.2) is 11.6 Å². The lowest BCUT2D eigenvalue weighted by Gasteiger charge is -2.26. The van der Waals surface area contributed by atoms with Gasteiger partial charge in [-0.15, -0.1) is 0 Å². The lowest BCUT2D eigenvalue weighted by molar-refractivity contribution is 0.467. The molecule has 0 radical (unpaired) electrons. The molecule has 3 heteroatoms. The van der Waals surface area contributed by atoms with Gasteiger partial charge in [0.2, 0.25) is 0 Å². The van der Waals surface area contributed by atoms with Crippen molar-refractivity contribution >= 4 is 0 Å². The van der Waals surface area contributed by atoms with Crippen molar-refractivity contribution in [1.29, 1.82) is 0 Å². The van der Waals surface area contributed by atoms with Gasteiger partial charge in [-0.1, -0.05) is 6.92 Å². The fourth-order valence-electron chi connectivity index (χ4n) is 2.00. The van der Waals surface area contributed by atoms with Crippen LogP contribution in [0.2, 0.25) is 0 Å². The van der Waals surface area contributed by atoms with Gasteiger partial charge < -0.3 is 5.32 Å². The van der Waals surface area contributed by atoms with E-state index in [-0.39, 0.29) is 6.04 Å². The Hall–Kier alpha value is -0.960. The van der Waals surface area contributed by atoms with Gasteiger partial charge in [0.1, 0.15) is 0 Å². The molecule has 1 aliphatic heterocycles. The normalized spacial score (nSPS) is 20.6. The lowest BCUT2D eigenvalue weighted by atomic mass is 9.93. The van der Waals surface area contributed by atoms with E-state index in [0.29, 0.717) is 0 Å². The maximum atomic E-state index is 13.0. The molecule has 0 amide bonds. The molecule has 1 aromatic carbocycles. The molecule has 0 saturated heterocycles. The Morgan fingerprint density at radius 1 is 1.36 bits per heavy atom. The minimum absolute atomic E-state index is 0.175. The molecule has 1 atom stereocenters. The van der Waals surface area contributed by atoms with E-state index in [4.69, 9.17) is 0 Å². The fourth-order valence-corrected chi connectivity index (χ4v) is 2.00. The Bertz CT molecular complexity index is 349. The first kappa shape index (κ1) is 9.59. The zero-order valence-electron chi connectivity index (χ0n) is 8.11. The highest BCUT2D eigenvalue weighted by Gasteiger charge is 2.20. The molecule has 0 spiro atoms. The van der Waals surface area contributed by atoms with Crippen LogP contribution in [0.15, 0.2) is 12.1 Å². The molecule has 0 unspecified atom stereocenters. The van der Waals surface area contributed by atoms with Gasteiger partial charge in [0, 0.05) is 6.04 Å². The summed E-state index contributed by atoms with van der Waals surface area (Å²) in [6, 6.07) is 2.83. The van der Waals surface area contributed by atoms with Crippen molar-refractivity contribution < 1.29 is 8.78 Å². The minimum Gasteiger partial charge on any atom is -0.310 e. The van der Waals surface area contributed by atoms with Crippen molar-refractivity contribution in [3.05, 3.63) is 34.9 Å². The maximum absolute atomic E-state index is 13.0. The van der Waals surface area contributed by atoms with Crippen LogP contribution < -0.4 is 5.32 Å². The van der Waals surface area contributed by atoms with Gasteiger partial charge >= 0.3 is 0 Å². The second-order valence-corrected chi connectivity index (χ2v) is 3.63. The number of halogens is 2. The highest BCUT2D eigenvalue weighted by atomic mass is 19.2. The summed E-state index contributed by atoms with van der Waals surface area (Å²) in [6.07, 6.45) is 1.68. The van der Waals surface area contributed by atoms with Crippen LogP contribution in [0.4, 0.5) is 8.78 Å². The second kappa shape index (κ2) is 3.65. The van der Waals surface area contributed by atoms with Crippen molar-refractivity contribution in [2.24, 2.45) is 0 Å². The summed E-state index contributed by atoms with van der Waals surface area (Å²) in [6.45, 7) is 2.88. The van der Waals surface area contributed by atoms with Gasteiger partial charge in [-0.3, -0.25) is 0 Å². The van der Waals surface area contributed by atoms with Crippen molar-refractivity contribution in [1.82, 2.24) is 5.32 Å². The van der Waals surface area contributed by atoms with Crippen LogP contribution >= 0.6 is 0 Å². The third-order valence-corrected chi connectivity index (χ3v) is 2.75. The van der Waals surface area contributed by atoms with Crippen LogP contribution in [-0.2, 0) is 6.42 Å². The third-order valence-electron chi connectivity index (χ3n) is 2.75. The molecule has 0 saturated carbocycles. The summed E-state index contributed by atoms with van der Waals surface area (Å²) in [5.74, 6) is -1.48. The summed E-state index contributed by atoms with van der Waals surface area (Å²) in [7, 11) is 0. The highest BCUT2D eigenvalue weighted by Crippen LogP contribution is 2.27. The topological polar surface area (TPSA) is 12.0 Å². The van der Waals surface area contributed by atoms with Gasteiger partial charge in [-0.2, -0.15) is 0 Å². The van der Waals surface area contributed by atoms with Crippen molar-refractivity contribution in [2.75, 3.05) is 6.54 Å². The van der Waals surface area contributed by atoms with E-state index >= 15 is 0 Å². The predicted molar refractivity (Wildman–Crippen MR) is 51.1 cm³/mol. The standard InChI is InChI=1S/C11H13F2N/c1-2-11-8-6-10(13)9(12)5-7(8)3-4-14-11/h5-6,11,14H,2-4H2,1H3/t11-/m1/s1. The first-order chi connectivity index (χ1) is 6.72. The summed E-state index contributed by atoms with van der Waals surface area (Å²) >= 11 is 0. The van der Waals surface area contributed by atoms with Crippen LogP contribution in [0.5, 0.6) is 0 Å². The summed E-state index contributed by atoms with van der Waals surface area (Å²) < 4.78 is 26.0. The molecule has 2 rings (SSSR count). The zero-order chi connectivity index (χ0) is 10.1.